The number of aromatic amines is 1. The van der Waals surface area contributed by atoms with Crippen molar-refractivity contribution in [3.8, 4) is 0 Å². The van der Waals surface area contributed by atoms with E-state index in [1.165, 1.54) is 0 Å². The number of anilines is 1. The van der Waals surface area contributed by atoms with E-state index in [1.807, 2.05) is 0 Å². The second-order valence-corrected chi connectivity index (χ2v) is 10.2. The summed E-state index contributed by atoms with van der Waals surface area (Å²) in [6.45, 7) is 18.9. The van der Waals surface area contributed by atoms with Gasteiger partial charge in [0.05, 0.1) is 18.9 Å². The number of fused-ring (bicyclic) bond motifs is 1. The Labute approximate surface area is 173 Å². The summed E-state index contributed by atoms with van der Waals surface area (Å²) in [5, 5.41) is 4.61. The van der Waals surface area contributed by atoms with E-state index in [0.717, 1.165) is 51.6 Å². The number of nitrogens with zero attached hydrogens (tertiary/aromatic N) is 5. The largest absolute Gasteiger partial charge is 0.379 e. The summed E-state index contributed by atoms with van der Waals surface area (Å²) in [5.74, 6) is 0.629. The molecule has 1 aliphatic heterocycles. The van der Waals surface area contributed by atoms with Crippen LogP contribution in [0.15, 0.2) is 4.79 Å². The lowest BCUT2D eigenvalue weighted by Gasteiger charge is -2.33. The molecular weight excluding hydrogens is 368 g/mol. The predicted octanol–water partition coefficient (Wildman–Crippen LogP) is 2.14. The van der Waals surface area contributed by atoms with Crippen molar-refractivity contribution < 1.29 is 4.74 Å². The Hall–Kier alpha value is -1.93. The van der Waals surface area contributed by atoms with Crippen LogP contribution in [0.2, 0.25) is 0 Å². The van der Waals surface area contributed by atoms with E-state index in [1.54, 1.807) is 11.7 Å². The highest BCUT2D eigenvalue weighted by atomic mass is 16.5. The summed E-state index contributed by atoms with van der Waals surface area (Å²) in [4.78, 5) is 25.5. The lowest BCUT2D eigenvalue weighted by molar-refractivity contribution is 0.0390. The number of aryl methyl sites for hydroxylation is 1. The van der Waals surface area contributed by atoms with Gasteiger partial charge in [-0.3, -0.25) is 19.4 Å². The van der Waals surface area contributed by atoms with Crippen molar-refractivity contribution >= 4 is 17.0 Å². The van der Waals surface area contributed by atoms with Gasteiger partial charge in [-0.2, -0.15) is 5.10 Å². The minimum absolute atomic E-state index is 0.0698. The Morgan fingerprint density at radius 3 is 2.38 bits per heavy atom. The molecule has 0 aromatic carbocycles. The zero-order chi connectivity index (χ0) is 21.4. The van der Waals surface area contributed by atoms with Crippen LogP contribution >= 0.6 is 0 Å². The van der Waals surface area contributed by atoms with E-state index in [-0.39, 0.29) is 16.4 Å². The maximum Gasteiger partial charge on any atom is 0.278 e. The summed E-state index contributed by atoms with van der Waals surface area (Å²) >= 11 is 0. The van der Waals surface area contributed by atoms with Gasteiger partial charge in [-0.25, -0.2) is 4.98 Å². The van der Waals surface area contributed by atoms with E-state index in [0.29, 0.717) is 17.0 Å². The van der Waals surface area contributed by atoms with Gasteiger partial charge in [-0.15, -0.1) is 0 Å². The van der Waals surface area contributed by atoms with Crippen LogP contribution in [0, 0.1) is 5.41 Å². The van der Waals surface area contributed by atoms with Crippen molar-refractivity contribution in [1.29, 1.82) is 0 Å². The molecule has 0 spiro atoms. The first-order valence-corrected chi connectivity index (χ1v) is 10.5. The van der Waals surface area contributed by atoms with Gasteiger partial charge in [0.2, 0.25) is 5.95 Å². The molecule has 2 aromatic heterocycles. The maximum absolute atomic E-state index is 12.9. The highest BCUT2D eigenvalue weighted by molar-refractivity contribution is 5.78. The number of hydrogen-bond donors (Lipinski definition) is 1. The first kappa shape index (κ1) is 21.8. The Bertz CT molecular complexity index is 897. The minimum atomic E-state index is -0.194. The highest BCUT2D eigenvalue weighted by Gasteiger charge is 2.27. The third-order valence-electron chi connectivity index (χ3n) is 5.15. The number of nitrogens with one attached hydrogen (secondary N) is 1. The molecule has 1 fully saturated rings. The lowest BCUT2D eigenvalue weighted by Crippen LogP contribution is -2.44. The molecule has 8 heteroatoms. The van der Waals surface area contributed by atoms with E-state index >= 15 is 0 Å². The van der Waals surface area contributed by atoms with Crippen molar-refractivity contribution in [1.82, 2.24) is 24.6 Å². The van der Waals surface area contributed by atoms with Gasteiger partial charge >= 0.3 is 0 Å². The van der Waals surface area contributed by atoms with Gasteiger partial charge in [0.1, 0.15) is 5.52 Å². The van der Waals surface area contributed by atoms with Crippen LogP contribution in [0.4, 0.5) is 5.95 Å². The van der Waals surface area contributed by atoms with Crippen LogP contribution in [0.25, 0.3) is 11.0 Å². The molecule has 2 aromatic rings. The molecule has 3 heterocycles. The molecule has 8 nitrogen and oxygen atoms in total. The van der Waals surface area contributed by atoms with Crippen LogP contribution in [-0.4, -0.2) is 70.6 Å². The fourth-order valence-electron chi connectivity index (χ4n) is 3.74. The topological polar surface area (TPSA) is 79.3 Å². The highest BCUT2D eigenvalue weighted by Crippen LogP contribution is 2.27. The maximum atomic E-state index is 12.9. The quantitative estimate of drug-likeness (QED) is 0.823. The molecule has 162 valence electrons. The fraction of sp³-hybridized carbons (Fsp3) is 0.762. The standard InChI is InChI=1S/C21H36N6O2/c1-20(2,3)14-27(9-8-26-10-12-29-13-11-26)19-22-15-16(18(28)23-19)25(7)24-17(15)21(4,5)6/h8-14H2,1-7H3,(H,22,23,28). The van der Waals surface area contributed by atoms with Crippen LogP contribution in [0.5, 0.6) is 0 Å². The number of hydrogen-bond acceptors (Lipinski definition) is 6. The monoisotopic (exact) mass is 404 g/mol. The van der Waals surface area contributed by atoms with Crippen LogP contribution in [0.3, 0.4) is 0 Å². The zero-order valence-electron chi connectivity index (χ0n) is 19.0. The Morgan fingerprint density at radius 1 is 1.14 bits per heavy atom. The first-order chi connectivity index (χ1) is 13.5. The number of aromatic nitrogens is 4. The SMILES string of the molecule is Cn1nc(C(C)(C)C)c2nc(N(CCN3CCOCC3)CC(C)(C)C)[nH]c(=O)c21. The van der Waals surface area contributed by atoms with Crippen LogP contribution in [-0.2, 0) is 17.2 Å². The molecule has 0 bridgehead atoms. The Kier molecular flexibility index (Phi) is 6.06. The number of ether oxygens (including phenoxy) is 1. The summed E-state index contributed by atoms with van der Waals surface area (Å²) in [6.07, 6.45) is 0. The Morgan fingerprint density at radius 2 is 1.79 bits per heavy atom. The first-order valence-electron chi connectivity index (χ1n) is 10.5. The number of morpholine rings is 1. The molecule has 0 saturated carbocycles. The van der Waals surface area contributed by atoms with E-state index in [2.05, 4.69) is 61.4 Å². The summed E-state index contributed by atoms with van der Waals surface area (Å²) in [5.41, 5.74) is 1.82. The molecule has 0 unspecified atom stereocenters. The molecule has 1 saturated heterocycles. The molecule has 0 atom stereocenters. The van der Waals surface area contributed by atoms with Crippen LogP contribution in [0.1, 0.15) is 47.2 Å². The average molecular weight is 405 g/mol. The molecule has 1 N–H and O–H groups in total. The fourth-order valence-corrected chi connectivity index (χ4v) is 3.74. The Balaban J connectivity index is 1.98. The van der Waals surface area contributed by atoms with Gasteiger partial charge in [0, 0.05) is 45.2 Å². The smallest absolute Gasteiger partial charge is 0.278 e. The van der Waals surface area contributed by atoms with Gasteiger partial charge in [0.15, 0.2) is 5.52 Å². The third kappa shape index (κ3) is 5.17. The van der Waals surface area contributed by atoms with Crippen molar-refractivity contribution in [3.63, 3.8) is 0 Å². The molecule has 0 radical (unpaired) electrons. The molecule has 0 amide bonds. The summed E-state index contributed by atoms with van der Waals surface area (Å²) in [7, 11) is 1.81. The predicted molar refractivity (Wildman–Crippen MR) is 117 cm³/mol. The molecule has 1 aliphatic rings. The second-order valence-electron chi connectivity index (χ2n) is 10.2. The lowest BCUT2D eigenvalue weighted by atomic mass is 9.91. The third-order valence-corrected chi connectivity index (χ3v) is 5.15. The molecule has 3 rings (SSSR count). The van der Waals surface area contributed by atoms with Crippen molar-refractivity contribution in [2.75, 3.05) is 50.8 Å². The van der Waals surface area contributed by atoms with E-state index in [4.69, 9.17) is 9.72 Å². The van der Waals surface area contributed by atoms with Crippen LogP contribution < -0.4 is 10.5 Å². The van der Waals surface area contributed by atoms with E-state index < -0.39 is 0 Å². The molecule has 0 aliphatic carbocycles. The number of rotatable bonds is 5. The van der Waals surface area contributed by atoms with Gasteiger partial charge in [0.25, 0.3) is 5.56 Å². The average Bonchev–Trinajstić information content (AvgIpc) is 2.96. The van der Waals surface area contributed by atoms with E-state index in [9.17, 15) is 4.79 Å². The van der Waals surface area contributed by atoms with Crippen molar-refractivity contribution in [2.45, 2.75) is 47.0 Å². The second kappa shape index (κ2) is 8.07. The normalized spacial score (nSPS) is 16.5. The summed E-state index contributed by atoms with van der Waals surface area (Å²) < 4.78 is 7.10. The number of H-pyrrole nitrogens is 1. The zero-order valence-corrected chi connectivity index (χ0v) is 19.0. The molecular formula is C21H36N6O2. The van der Waals surface area contributed by atoms with Crippen molar-refractivity contribution in [3.05, 3.63) is 16.0 Å². The summed E-state index contributed by atoms with van der Waals surface area (Å²) in [6, 6.07) is 0. The van der Waals surface area contributed by atoms with Crippen molar-refractivity contribution in [2.24, 2.45) is 12.5 Å². The van der Waals surface area contributed by atoms with Gasteiger partial charge in [-0.05, 0) is 5.41 Å². The van der Waals surface area contributed by atoms with Gasteiger partial charge in [-0.1, -0.05) is 41.5 Å². The van der Waals surface area contributed by atoms with Gasteiger partial charge < -0.3 is 9.64 Å². The minimum Gasteiger partial charge on any atom is -0.379 e. The molecule has 29 heavy (non-hydrogen) atoms.